The molecule has 19 heavy (non-hydrogen) atoms. The minimum Gasteiger partial charge on any atom is -0.396 e. The number of carbonyl (C=O) groups is 1. The molecule has 0 heterocycles. The lowest BCUT2D eigenvalue weighted by atomic mass is 10.1. The third kappa shape index (κ3) is 3.61. The van der Waals surface area contributed by atoms with Gasteiger partial charge in [-0.2, -0.15) is 0 Å². The summed E-state index contributed by atoms with van der Waals surface area (Å²) in [6.07, 6.45) is 4.19. The Morgan fingerprint density at radius 1 is 1.37 bits per heavy atom. The van der Waals surface area contributed by atoms with E-state index in [4.69, 9.17) is 5.11 Å². The van der Waals surface area contributed by atoms with Crippen molar-refractivity contribution in [3.8, 4) is 0 Å². The number of hydrogen-bond donors (Lipinski definition) is 2. The molecular weight excluding hydrogens is 252 g/mol. The molecule has 3 nitrogen and oxygen atoms in total. The number of hydrogen-bond acceptors (Lipinski definition) is 2. The van der Waals surface area contributed by atoms with Crippen molar-refractivity contribution in [3.05, 3.63) is 47.5 Å². The number of aliphatic hydroxyl groups excluding tert-OH is 1. The second-order valence-corrected chi connectivity index (χ2v) is 4.65. The maximum absolute atomic E-state index is 13.4. The molecule has 2 atom stereocenters. The third-order valence-corrected chi connectivity index (χ3v) is 3.12. The van der Waals surface area contributed by atoms with Gasteiger partial charge in [0.25, 0.3) is 0 Å². The maximum Gasteiger partial charge on any atom is 0.224 e. The van der Waals surface area contributed by atoms with E-state index in [1.165, 1.54) is 6.07 Å². The Bertz CT molecular complexity index is 502. The normalized spacial score (nSPS) is 21.6. The van der Waals surface area contributed by atoms with Gasteiger partial charge < -0.3 is 10.4 Å². The van der Waals surface area contributed by atoms with E-state index in [1.807, 2.05) is 12.2 Å². The quantitative estimate of drug-likeness (QED) is 0.813. The largest absolute Gasteiger partial charge is 0.396 e. The molecule has 0 unspecified atom stereocenters. The highest BCUT2D eigenvalue weighted by Gasteiger charge is 2.20. The Labute approximate surface area is 109 Å². The summed E-state index contributed by atoms with van der Waals surface area (Å²) >= 11 is 0. The first-order chi connectivity index (χ1) is 9.08. The van der Waals surface area contributed by atoms with Gasteiger partial charge in [-0.15, -0.1) is 0 Å². The molecular formula is C14H15F2NO2. The Hall–Kier alpha value is -1.75. The average Bonchev–Trinajstić information content (AvgIpc) is 2.80. The molecule has 1 aromatic rings. The van der Waals surface area contributed by atoms with E-state index in [9.17, 15) is 13.6 Å². The van der Waals surface area contributed by atoms with Crippen LogP contribution in [0.4, 0.5) is 8.78 Å². The van der Waals surface area contributed by atoms with Gasteiger partial charge in [0.1, 0.15) is 11.6 Å². The fraction of sp³-hybridized carbons (Fsp3) is 0.357. The monoisotopic (exact) mass is 267 g/mol. The third-order valence-electron chi connectivity index (χ3n) is 3.12. The smallest absolute Gasteiger partial charge is 0.224 e. The first kappa shape index (κ1) is 13.7. The number of amides is 1. The van der Waals surface area contributed by atoms with Gasteiger partial charge in [-0.1, -0.05) is 18.2 Å². The van der Waals surface area contributed by atoms with Gasteiger partial charge >= 0.3 is 0 Å². The van der Waals surface area contributed by atoms with Crippen molar-refractivity contribution < 1.29 is 18.7 Å². The molecule has 0 saturated heterocycles. The summed E-state index contributed by atoms with van der Waals surface area (Å²) < 4.78 is 26.1. The molecule has 0 radical (unpaired) electrons. The van der Waals surface area contributed by atoms with Gasteiger partial charge in [0.15, 0.2) is 0 Å². The zero-order valence-corrected chi connectivity index (χ0v) is 10.3. The Balaban J connectivity index is 1.90. The predicted octanol–water partition coefficient (Wildman–Crippen LogP) is 1.56. The van der Waals surface area contributed by atoms with Crippen LogP contribution in [0.25, 0.3) is 0 Å². The highest BCUT2D eigenvalue weighted by atomic mass is 19.1. The summed E-state index contributed by atoms with van der Waals surface area (Å²) in [5, 5.41) is 11.7. The van der Waals surface area contributed by atoms with Crippen LogP contribution in [0, 0.1) is 17.6 Å². The zero-order chi connectivity index (χ0) is 13.8. The number of halogens is 2. The van der Waals surface area contributed by atoms with Crippen LogP contribution in [0.3, 0.4) is 0 Å². The summed E-state index contributed by atoms with van der Waals surface area (Å²) in [6.45, 7) is 0.0511. The second-order valence-electron chi connectivity index (χ2n) is 4.65. The van der Waals surface area contributed by atoms with E-state index in [-0.39, 0.29) is 36.5 Å². The predicted molar refractivity (Wildman–Crippen MR) is 66.3 cm³/mol. The van der Waals surface area contributed by atoms with Crippen LogP contribution < -0.4 is 5.32 Å². The van der Waals surface area contributed by atoms with Gasteiger partial charge in [-0.25, -0.2) is 8.78 Å². The minimum absolute atomic E-state index is 0.0511. The van der Waals surface area contributed by atoms with Crippen LogP contribution in [0.1, 0.15) is 12.0 Å². The van der Waals surface area contributed by atoms with Crippen LogP contribution in [0.2, 0.25) is 0 Å². The molecule has 1 amide bonds. The summed E-state index contributed by atoms with van der Waals surface area (Å²) in [5.74, 6) is -1.64. The van der Waals surface area contributed by atoms with E-state index in [0.717, 1.165) is 12.1 Å². The van der Waals surface area contributed by atoms with Gasteiger partial charge in [0.2, 0.25) is 5.91 Å². The molecule has 0 fully saturated rings. The van der Waals surface area contributed by atoms with Crippen LogP contribution in [0.5, 0.6) is 0 Å². The van der Waals surface area contributed by atoms with Crippen molar-refractivity contribution in [3.63, 3.8) is 0 Å². The first-order valence-electron chi connectivity index (χ1n) is 6.11. The molecule has 1 aliphatic carbocycles. The van der Waals surface area contributed by atoms with Crippen molar-refractivity contribution in [1.82, 2.24) is 5.32 Å². The summed E-state index contributed by atoms with van der Waals surface area (Å²) in [6, 6.07) is 3.03. The number of rotatable bonds is 4. The molecule has 1 aromatic carbocycles. The highest BCUT2D eigenvalue weighted by Crippen LogP contribution is 2.17. The molecule has 0 saturated carbocycles. The topological polar surface area (TPSA) is 49.3 Å². The maximum atomic E-state index is 13.4. The standard InChI is InChI=1S/C14H15F2NO2/c15-11-3-2-10(13(16)7-11)6-14(19)17-12-4-1-9(5-12)8-18/h1-4,7,9,12,18H,5-6,8H2,(H,17,19)/t9-,12+/m0/s1. The zero-order valence-electron chi connectivity index (χ0n) is 10.3. The fourth-order valence-electron chi connectivity index (χ4n) is 2.11. The number of nitrogens with one attached hydrogen (secondary N) is 1. The number of benzene rings is 1. The molecule has 0 aromatic heterocycles. The van der Waals surface area contributed by atoms with Gasteiger partial charge in [-0.05, 0) is 18.1 Å². The molecule has 0 aliphatic heterocycles. The lowest BCUT2D eigenvalue weighted by molar-refractivity contribution is -0.120. The van der Waals surface area contributed by atoms with Crippen molar-refractivity contribution in [2.45, 2.75) is 18.9 Å². The van der Waals surface area contributed by atoms with Crippen LogP contribution in [-0.2, 0) is 11.2 Å². The van der Waals surface area contributed by atoms with Crippen molar-refractivity contribution in [2.75, 3.05) is 6.61 Å². The molecule has 0 bridgehead atoms. The van der Waals surface area contributed by atoms with Crippen LogP contribution in [0.15, 0.2) is 30.4 Å². The Morgan fingerprint density at radius 2 is 2.16 bits per heavy atom. The first-order valence-corrected chi connectivity index (χ1v) is 6.11. The van der Waals surface area contributed by atoms with Crippen molar-refractivity contribution >= 4 is 5.91 Å². The fourth-order valence-corrected chi connectivity index (χ4v) is 2.11. The highest BCUT2D eigenvalue weighted by molar-refractivity contribution is 5.79. The van der Waals surface area contributed by atoms with Gasteiger partial charge in [0, 0.05) is 24.6 Å². The van der Waals surface area contributed by atoms with E-state index in [1.54, 1.807) is 0 Å². The molecule has 2 rings (SSSR count). The number of carbonyl (C=O) groups excluding carboxylic acids is 1. The lowest BCUT2D eigenvalue weighted by Gasteiger charge is -2.13. The summed E-state index contributed by atoms with van der Waals surface area (Å²) in [5.41, 5.74) is 0.166. The SMILES string of the molecule is O=C(Cc1ccc(F)cc1F)N[C@@H]1C=C[C@H](CO)C1. The molecule has 2 N–H and O–H groups in total. The average molecular weight is 267 g/mol. The lowest BCUT2D eigenvalue weighted by Crippen LogP contribution is -2.34. The van der Waals surface area contributed by atoms with Crippen molar-refractivity contribution in [1.29, 1.82) is 0 Å². The van der Waals surface area contributed by atoms with Gasteiger partial charge in [-0.3, -0.25) is 4.79 Å². The van der Waals surface area contributed by atoms with E-state index >= 15 is 0 Å². The van der Waals surface area contributed by atoms with Crippen molar-refractivity contribution in [2.24, 2.45) is 5.92 Å². The molecule has 5 heteroatoms. The van der Waals surface area contributed by atoms with Gasteiger partial charge in [0.05, 0.1) is 6.42 Å². The van der Waals surface area contributed by atoms with Crippen LogP contribution >= 0.6 is 0 Å². The molecule has 0 spiro atoms. The Morgan fingerprint density at radius 3 is 2.79 bits per heavy atom. The number of aliphatic hydroxyl groups is 1. The van der Waals surface area contributed by atoms with E-state index < -0.39 is 11.6 Å². The minimum atomic E-state index is -0.717. The van der Waals surface area contributed by atoms with Crippen LogP contribution in [-0.4, -0.2) is 23.7 Å². The summed E-state index contributed by atoms with van der Waals surface area (Å²) in [7, 11) is 0. The second kappa shape index (κ2) is 5.93. The Kier molecular flexibility index (Phi) is 4.27. The molecule has 102 valence electrons. The van der Waals surface area contributed by atoms with E-state index in [0.29, 0.717) is 6.42 Å². The molecule has 1 aliphatic rings. The van der Waals surface area contributed by atoms with E-state index in [2.05, 4.69) is 5.32 Å². The summed E-state index contributed by atoms with van der Waals surface area (Å²) in [4.78, 5) is 11.7.